The van der Waals surface area contributed by atoms with E-state index in [4.69, 9.17) is 14.2 Å². The van der Waals surface area contributed by atoms with Gasteiger partial charge in [0.2, 0.25) is 0 Å². The Morgan fingerprint density at radius 2 is 1.48 bits per heavy atom. The van der Waals surface area contributed by atoms with Gasteiger partial charge in [-0.3, -0.25) is 0 Å². The molecule has 0 bridgehead atoms. The average molecular weight is 355 g/mol. The van der Waals surface area contributed by atoms with Crippen molar-refractivity contribution < 1.29 is 18.6 Å². The molecule has 0 aromatic heterocycles. The van der Waals surface area contributed by atoms with Crippen LogP contribution in [-0.2, 0) is 0 Å². The van der Waals surface area contributed by atoms with Crippen LogP contribution in [0.25, 0.3) is 0 Å². The Morgan fingerprint density at radius 3 is 2.00 bits per heavy atom. The molecule has 2 aromatic carbocycles. The molecular weight excluding hydrogens is 339 g/mol. The number of alkyl halides is 1. The first-order valence-electron chi connectivity index (χ1n) is 6.30. The monoisotopic (exact) mass is 354 g/mol. The van der Waals surface area contributed by atoms with Gasteiger partial charge in [0, 0.05) is 5.56 Å². The lowest BCUT2D eigenvalue weighted by molar-refractivity contribution is 0.384. The quantitative estimate of drug-likeness (QED) is 0.747. The van der Waals surface area contributed by atoms with Crippen LogP contribution in [0.5, 0.6) is 17.2 Å². The molecule has 112 valence electrons. The Bertz CT molecular complexity index is 609. The lowest BCUT2D eigenvalue weighted by Crippen LogP contribution is -2.03. The van der Waals surface area contributed by atoms with Crippen molar-refractivity contribution in [2.24, 2.45) is 0 Å². The maximum atomic E-state index is 13.6. The third kappa shape index (κ3) is 3.13. The van der Waals surface area contributed by atoms with Crippen LogP contribution in [-0.4, -0.2) is 21.3 Å². The second-order valence-corrected chi connectivity index (χ2v) is 5.24. The van der Waals surface area contributed by atoms with E-state index in [1.807, 2.05) is 18.2 Å². The molecule has 0 saturated heterocycles. The molecule has 0 N–H and O–H groups in total. The summed E-state index contributed by atoms with van der Waals surface area (Å²) in [6, 6.07) is 9.89. The van der Waals surface area contributed by atoms with Gasteiger partial charge in [-0.25, -0.2) is 4.39 Å². The van der Waals surface area contributed by atoms with Crippen LogP contribution in [0, 0.1) is 5.82 Å². The fraction of sp³-hybridized carbons (Fsp3) is 0.250. The summed E-state index contributed by atoms with van der Waals surface area (Å²) in [5.74, 6) is 1.57. The van der Waals surface area contributed by atoms with Gasteiger partial charge in [0.1, 0.15) is 23.1 Å². The summed E-state index contributed by atoms with van der Waals surface area (Å²) in [7, 11) is 4.72. The molecule has 0 aliphatic heterocycles. The number of benzene rings is 2. The van der Waals surface area contributed by atoms with Crippen molar-refractivity contribution in [2.45, 2.75) is 4.83 Å². The molecule has 3 nitrogen and oxygen atoms in total. The standard InChI is InChI=1S/C16H16BrFO3/c1-19-12-8-7-10(18)9-11(12)16(17)15-13(20-2)5-4-6-14(15)21-3/h4-9,16H,1-3H3. The average Bonchev–Trinajstić information content (AvgIpc) is 2.53. The molecule has 0 radical (unpaired) electrons. The molecule has 0 aliphatic carbocycles. The maximum absolute atomic E-state index is 13.6. The van der Waals surface area contributed by atoms with Crippen molar-refractivity contribution in [1.29, 1.82) is 0 Å². The molecule has 0 heterocycles. The molecule has 0 spiro atoms. The van der Waals surface area contributed by atoms with Gasteiger partial charge in [-0.2, -0.15) is 0 Å². The fourth-order valence-corrected chi connectivity index (χ4v) is 3.00. The Balaban J connectivity index is 2.59. The Hall–Kier alpha value is -1.75. The van der Waals surface area contributed by atoms with Gasteiger partial charge in [0.05, 0.1) is 31.7 Å². The lowest BCUT2D eigenvalue weighted by atomic mass is 10.0. The molecule has 0 fully saturated rings. The first-order chi connectivity index (χ1) is 10.1. The zero-order chi connectivity index (χ0) is 15.4. The van der Waals surface area contributed by atoms with Crippen molar-refractivity contribution in [3.05, 3.63) is 53.3 Å². The molecule has 0 saturated carbocycles. The van der Waals surface area contributed by atoms with Crippen LogP contribution in [0.15, 0.2) is 36.4 Å². The van der Waals surface area contributed by atoms with Crippen molar-refractivity contribution in [2.75, 3.05) is 21.3 Å². The summed E-state index contributed by atoms with van der Waals surface area (Å²) in [5, 5.41) is 0. The number of methoxy groups -OCH3 is 3. The van der Waals surface area contributed by atoms with Crippen molar-refractivity contribution in [3.63, 3.8) is 0 Å². The molecule has 2 rings (SSSR count). The van der Waals surface area contributed by atoms with E-state index in [9.17, 15) is 4.39 Å². The highest BCUT2D eigenvalue weighted by Crippen LogP contribution is 2.45. The smallest absolute Gasteiger partial charge is 0.127 e. The highest BCUT2D eigenvalue weighted by Gasteiger charge is 2.23. The van der Waals surface area contributed by atoms with Crippen LogP contribution < -0.4 is 14.2 Å². The molecule has 1 unspecified atom stereocenters. The summed E-state index contributed by atoms with van der Waals surface area (Å²) in [5.41, 5.74) is 1.45. The third-order valence-electron chi connectivity index (χ3n) is 3.18. The predicted octanol–water partition coefficient (Wildman–Crippen LogP) is 4.34. The van der Waals surface area contributed by atoms with Crippen molar-refractivity contribution in [1.82, 2.24) is 0 Å². The molecule has 0 aliphatic rings. The van der Waals surface area contributed by atoms with Crippen molar-refractivity contribution in [3.8, 4) is 17.2 Å². The van der Waals surface area contributed by atoms with E-state index >= 15 is 0 Å². The first-order valence-corrected chi connectivity index (χ1v) is 7.22. The largest absolute Gasteiger partial charge is 0.496 e. The highest BCUT2D eigenvalue weighted by molar-refractivity contribution is 9.09. The number of hydrogen-bond acceptors (Lipinski definition) is 3. The summed E-state index contributed by atoms with van der Waals surface area (Å²) in [6.07, 6.45) is 0. The predicted molar refractivity (Wildman–Crippen MR) is 83.3 cm³/mol. The molecule has 1 atom stereocenters. The highest BCUT2D eigenvalue weighted by atomic mass is 79.9. The van der Waals surface area contributed by atoms with Crippen molar-refractivity contribution >= 4 is 15.9 Å². The van der Waals surface area contributed by atoms with Gasteiger partial charge in [-0.05, 0) is 30.3 Å². The van der Waals surface area contributed by atoms with E-state index in [-0.39, 0.29) is 10.6 Å². The first kappa shape index (κ1) is 15.6. The normalized spacial score (nSPS) is 11.9. The Labute approximate surface area is 131 Å². The molecule has 21 heavy (non-hydrogen) atoms. The third-order valence-corrected chi connectivity index (χ3v) is 4.14. The van der Waals surface area contributed by atoms with Crippen LogP contribution in [0.3, 0.4) is 0 Å². The second kappa shape index (κ2) is 6.80. The van der Waals surface area contributed by atoms with E-state index in [2.05, 4.69) is 15.9 Å². The summed E-state index contributed by atoms with van der Waals surface area (Å²) < 4.78 is 29.7. The Morgan fingerprint density at radius 1 is 0.905 bits per heavy atom. The van der Waals surface area contributed by atoms with Gasteiger partial charge < -0.3 is 14.2 Å². The minimum atomic E-state index is -0.330. The van der Waals surface area contributed by atoms with Gasteiger partial charge in [0.15, 0.2) is 0 Å². The van der Waals surface area contributed by atoms with Gasteiger partial charge in [0.25, 0.3) is 0 Å². The SMILES string of the molecule is COc1ccc(F)cc1C(Br)c1c(OC)cccc1OC. The van der Waals surface area contributed by atoms with E-state index in [1.54, 1.807) is 27.4 Å². The zero-order valence-electron chi connectivity index (χ0n) is 12.0. The minimum Gasteiger partial charge on any atom is -0.496 e. The zero-order valence-corrected chi connectivity index (χ0v) is 13.6. The fourth-order valence-electron chi connectivity index (χ4n) is 2.19. The number of hydrogen-bond donors (Lipinski definition) is 0. The van der Waals surface area contributed by atoms with Crippen LogP contribution in [0.2, 0.25) is 0 Å². The number of halogens is 2. The van der Waals surface area contributed by atoms with Gasteiger partial charge in [-0.15, -0.1) is 0 Å². The lowest BCUT2D eigenvalue weighted by Gasteiger charge is -2.19. The number of ether oxygens (including phenoxy) is 3. The molecule has 0 amide bonds. The summed E-state index contributed by atoms with van der Waals surface area (Å²) in [4.78, 5) is -0.325. The second-order valence-electron chi connectivity index (χ2n) is 4.33. The molecule has 2 aromatic rings. The molecular formula is C16H16BrFO3. The molecule has 5 heteroatoms. The van der Waals surface area contributed by atoms with E-state index < -0.39 is 0 Å². The Kier molecular flexibility index (Phi) is 5.07. The van der Waals surface area contributed by atoms with Gasteiger partial charge in [-0.1, -0.05) is 22.0 Å². The van der Waals surface area contributed by atoms with E-state index in [1.165, 1.54) is 12.1 Å². The minimum absolute atomic E-state index is 0.325. The topological polar surface area (TPSA) is 27.7 Å². The van der Waals surface area contributed by atoms with E-state index in [0.29, 0.717) is 22.8 Å². The maximum Gasteiger partial charge on any atom is 0.127 e. The van der Waals surface area contributed by atoms with Crippen LogP contribution >= 0.6 is 15.9 Å². The number of rotatable bonds is 5. The summed E-state index contributed by atoms with van der Waals surface area (Å²) in [6.45, 7) is 0. The van der Waals surface area contributed by atoms with Crippen LogP contribution in [0.1, 0.15) is 16.0 Å². The summed E-state index contributed by atoms with van der Waals surface area (Å²) >= 11 is 3.60. The van der Waals surface area contributed by atoms with Gasteiger partial charge >= 0.3 is 0 Å². The van der Waals surface area contributed by atoms with E-state index in [0.717, 1.165) is 5.56 Å². The van der Waals surface area contributed by atoms with Crippen LogP contribution in [0.4, 0.5) is 4.39 Å².